The number of fused-ring (bicyclic) bond motifs is 1. The number of aromatic nitrogens is 2. The summed E-state index contributed by atoms with van der Waals surface area (Å²) in [6.07, 6.45) is 2.04. The van der Waals surface area contributed by atoms with Crippen molar-refractivity contribution < 1.29 is 0 Å². The van der Waals surface area contributed by atoms with Crippen LogP contribution in [0.15, 0.2) is 11.6 Å². The summed E-state index contributed by atoms with van der Waals surface area (Å²) < 4.78 is 4.22. The Balaban J connectivity index is 2.98. The fraction of sp³-hybridized carbons (Fsp3) is 0. The van der Waals surface area contributed by atoms with Crippen LogP contribution in [0.3, 0.4) is 0 Å². The van der Waals surface area contributed by atoms with Crippen molar-refractivity contribution in [2.24, 2.45) is 0 Å². The van der Waals surface area contributed by atoms with Gasteiger partial charge in [0.2, 0.25) is 0 Å². The first-order valence-corrected chi connectivity index (χ1v) is 5.59. The second kappa shape index (κ2) is 2.59. The molecule has 0 aliphatic heterocycles. The van der Waals surface area contributed by atoms with E-state index in [0.29, 0.717) is 0 Å². The molecule has 0 atom stereocenters. The lowest BCUT2D eigenvalue weighted by molar-refractivity contribution is 1.11. The lowest BCUT2D eigenvalue weighted by atomic mass is 10.9. The minimum atomic E-state index is 1.04. The van der Waals surface area contributed by atoms with Gasteiger partial charge >= 0.3 is 0 Å². The quantitative estimate of drug-likeness (QED) is 0.647. The Hall–Kier alpha value is 0.630. The number of hydrogen-bond donors (Lipinski definition) is 0. The van der Waals surface area contributed by atoms with E-state index in [2.05, 4.69) is 59.9 Å². The fourth-order valence-corrected chi connectivity index (χ4v) is 3.61. The summed E-state index contributed by atoms with van der Waals surface area (Å²) in [7, 11) is 0. The molecule has 5 heteroatoms. The molecule has 2 nitrogen and oxygen atoms in total. The van der Waals surface area contributed by atoms with Crippen LogP contribution in [0.1, 0.15) is 0 Å². The van der Waals surface area contributed by atoms with E-state index >= 15 is 0 Å². The number of imidazole rings is 1. The van der Waals surface area contributed by atoms with Gasteiger partial charge < -0.3 is 0 Å². The average Bonchev–Trinajstić information content (AvgIpc) is 2.39. The molecule has 0 saturated carbocycles. The van der Waals surface area contributed by atoms with Crippen molar-refractivity contribution in [1.29, 1.82) is 0 Å². The van der Waals surface area contributed by atoms with Gasteiger partial charge in [0.1, 0.15) is 8.53 Å². The van der Waals surface area contributed by atoms with E-state index in [1.807, 2.05) is 6.20 Å². The topological polar surface area (TPSA) is 17.3 Å². The summed E-state index contributed by atoms with van der Waals surface area (Å²) in [5, 5.41) is 2.07. The highest BCUT2D eigenvalue weighted by Gasteiger charge is 2.05. The third-order valence-corrected chi connectivity index (χ3v) is 3.92. The molecule has 2 aromatic heterocycles. The fourth-order valence-electron chi connectivity index (χ4n) is 0.756. The molecule has 2 rings (SSSR count). The largest absolute Gasteiger partial charge is 0.285 e. The van der Waals surface area contributed by atoms with E-state index < -0.39 is 0 Å². The SMILES string of the molecule is Ic1nc(I)n2ccsc12. The Morgan fingerprint density at radius 1 is 1.50 bits per heavy atom. The van der Waals surface area contributed by atoms with Gasteiger partial charge in [0, 0.05) is 34.2 Å². The maximum Gasteiger partial charge on any atom is 0.177 e. The van der Waals surface area contributed by atoms with Gasteiger partial charge in [-0.2, -0.15) is 0 Å². The standard InChI is InChI=1S/C5H2I2N2S/c6-3-4-9(1-2-10-4)5(7)8-3/h1-2H. The zero-order valence-electron chi connectivity index (χ0n) is 4.71. The van der Waals surface area contributed by atoms with Crippen LogP contribution in [0.4, 0.5) is 0 Å². The monoisotopic (exact) mass is 376 g/mol. The van der Waals surface area contributed by atoms with Crippen molar-refractivity contribution in [3.05, 3.63) is 19.1 Å². The van der Waals surface area contributed by atoms with Gasteiger partial charge in [-0.05, 0) is 22.6 Å². The molecule has 0 saturated heterocycles. The maximum absolute atomic E-state index is 4.30. The molecular weight excluding hydrogens is 374 g/mol. The highest BCUT2D eigenvalue weighted by Crippen LogP contribution is 2.20. The summed E-state index contributed by atoms with van der Waals surface area (Å²) >= 11 is 6.20. The average molecular weight is 376 g/mol. The third kappa shape index (κ3) is 0.981. The molecule has 0 N–H and O–H groups in total. The summed E-state index contributed by atoms with van der Waals surface area (Å²) in [4.78, 5) is 5.54. The molecule has 0 bridgehead atoms. The van der Waals surface area contributed by atoms with Crippen LogP contribution < -0.4 is 0 Å². The van der Waals surface area contributed by atoms with Crippen LogP contribution >= 0.6 is 56.5 Å². The van der Waals surface area contributed by atoms with E-state index in [1.165, 1.54) is 4.83 Å². The first kappa shape index (κ1) is 7.29. The Kier molecular flexibility index (Phi) is 1.89. The first-order chi connectivity index (χ1) is 4.79. The number of halogens is 2. The Labute approximate surface area is 88.9 Å². The normalized spacial score (nSPS) is 11.0. The van der Waals surface area contributed by atoms with Crippen molar-refractivity contribution in [3.63, 3.8) is 0 Å². The van der Waals surface area contributed by atoms with Crippen molar-refractivity contribution >= 4 is 61.3 Å². The Bertz CT molecular complexity index is 333. The van der Waals surface area contributed by atoms with Crippen LogP contribution in [0.2, 0.25) is 0 Å². The van der Waals surface area contributed by atoms with Gasteiger partial charge in [0.05, 0.1) is 0 Å². The molecule has 0 fully saturated rings. The van der Waals surface area contributed by atoms with Crippen LogP contribution in [0, 0.1) is 7.53 Å². The Morgan fingerprint density at radius 2 is 2.30 bits per heavy atom. The second-order valence-corrected chi connectivity index (χ2v) is 4.63. The highest BCUT2D eigenvalue weighted by molar-refractivity contribution is 14.1. The maximum atomic E-state index is 4.30. The zero-order chi connectivity index (χ0) is 7.14. The number of hydrogen-bond acceptors (Lipinski definition) is 2. The molecule has 0 unspecified atom stereocenters. The zero-order valence-corrected chi connectivity index (χ0v) is 9.84. The first-order valence-electron chi connectivity index (χ1n) is 2.55. The molecule has 0 aromatic carbocycles. The third-order valence-electron chi connectivity index (χ3n) is 1.17. The Morgan fingerprint density at radius 3 is 3.00 bits per heavy atom. The lowest BCUT2D eigenvalue weighted by Crippen LogP contribution is -1.78. The van der Waals surface area contributed by atoms with E-state index in [0.717, 1.165) is 7.53 Å². The van der Waals surface area contributed by atoms with Crippen molar-refractivity contribution in [1.82, 2.24) is 9.38 Å². The van der Waals surface area contributed by atoms with Crippen molar-refractivity contribution in [3.8, 4) is 0 Å². The molecule has 0 aliphatic carbocycles. The molecule has 0 amide bonds. The van der Waals surface area contributed by atoms with Crippen LogP contribution in [-0.2, 0) is 0 Å². The molecule has 2 aromatic rings. The predicted molar refractivity (Wildman–Crippen MR) is 58.5 cm³/mol. The van der Waals surface area contributed by atoms with Gasteiger partial charge in [0.15, 0.2) is 3.83 Å². The number of thiazole rings is 1. The number of rotatable bonds is 0. The molecule has 52 valence electrons. The van der Waals surface area contributed by atoms with Gasteiger partial charge in [-0.3, -0.25) is 4.40 Å². The van der Waals surface area contributed by atoms with Gasteiger partial charge in [-0.1, -0.05) is 0 Å². The van der Waals surface area contributed by atoms with Crippen molar-refractivity contribution in [2.75, 3.05) is 0 Å². The minimum Gasteiger partial charge on any atom is -0.285 e. The van der Waals surface area contributed by atoms with Gasteiger partial charge in [-0.25, -0.2) is 4.98 Å². The van der Waals surface area contributed by atoms with E-state index in [1.54, 1.807) is 11.3 Å². The number of nitrogens with zero attached hydrogens (tertiary/aromatic N) is 2. The van der Waals surface area contributed by atoms with Crippen LogP contribution in [0.25, 0.3) is 4.83 Å². The van der Waals surface area contributed by atoms with Gasteiger partial charge in [-0.15, -0.1) is 11.3 Å². The molecular formula is C5H2I2N2S. The molecule has 0 spiro atoms. The summed E-state index contributed by atoms with van der Waals surface area (Å²) in [5.41, 5.74) is 0. The highest BCUT2D eigenvalue weighted by atomic mass is 127. The summed E-state index contributed by atoms with van der Waals surface area (Å²) in [6, 6.07) is 0. The molecule has 10 heavy (non-hydrogen) atoms. The van der Waals surface area contributed by atoms with Crippen LogP contribution in [-0.4, -0.2) is 9.38 Å². The minimum absolute atomic E-state index is 1.04. The van der Waals surface area contributed by atoms with E-state index in [4.69, 9.17) is 0 Å². The second-order valence-electron chi connectivity index (χ2n) is 1.75. The summed E-state index contributed by atoms with van der Waals surface area (Å²) in [5.74, 6) is 0. The van der Waals surface area contributed by atoms with E-state index in [-0.39, 0.29) is 0 Å². The summed E-state index contributed by atoms with van der Waals surface area (Å²) in [6.45, 7) is 0. The van der Waals surface area contributed by atoms with E-state index in [9.17, 15) is 0 Å². The molecule has 0 radical (unpaired) electrons. The van der Waals surface area contributed by atoms with Crippen molar-refractivity contribution in [2.45, 2.75) is 0 Å². The lowest BCUT2D eigenvalue weighted by Gasteiger charge is -1.79. The molecule has 0 aliphatic rings. The smallest absolute Gasteiger partial charge is 0.177 e. The molecule has 2 heterocycles. The van der Waals surface area contributed by atoms with Gasteiger partial charge in [0.25, 0.3) is 0 Å². The van der Waals surface area contributed by atoms with Crippen LogP contribution in [0.5, 0.6) is 0 Å². The predicted octanol–water partition coefficient (Wildman–Crippen LogP) is 2.61.